The van der Waals surface area contributed by atoms with Crippen molar-refractivity contribution in [1.29, 1.82) is 0 Å². The van der Waals surface area contributed by atoms with Crippen LogP contribution in [-0.2, 0) is 0 Å². The lowest BCUT2D eigenvalue weighted by atomic mass is 9.72. The number of nitrogens with zero attached hydrogens (tertiary/aromatic N) is 2. The molecule has 1 atom stereocenters. The van der Waals surface area contributed by atoms with Gasteiger partial charge in [-0.2, -0.15) is 0 Å². The Labute approximate surface area is 138 Å². The largest absolute Gasteiger partial charge is 0.392 e. The number of aliphatic hydroxyl groups is 1. The first-order valence-electron chi connectivity index (χ1n) is 8.56. The maximum Gasteiger partial charge on any atom is 0.123 e. The highest BCUT2D eigenvalue weighted by atomic mass is 19.1. The van der Waals surface area contributed by atoms with E-state index in [1.807, 2.05) is 0 Å². The predicted molar refractivity (Wildman–Crippen MR) is 91.7 cm³/mol. The minimum absolute atomic E-state index is 0.168. The molecule has 3 nitrogen and oxygen atoms in total. The summed E-state index contributed by atoms with van der Waals surface area (Å²) in [4.78, 5) is 4.74. The molecule has 1 spiro atoms. The van der Waals surface area contributed by atoms with Gasteiger partial charge in [0.25, 0.3) is 0 Å². The van der Waals surface area contributed by atoms with Crippen molar-refractivity contribution in [2.75, 3.05) is 39.8 Å². The van der Waals surface area contributed by atoms with Crippen molar-refractivity contribution in [3.63, 3.8) is 0 Å². The van der Waals surface area contributed by atoms with E-state index in [1.54, 1.807) is 12.1 Å². The number of likely N-dealkylation sites (N-methyl/N-ethyl adjacent to an activating group) is 1. The van der Waals surface area contributed by atoms with E-state index in [1.165, 1.54) is 25.0 Å². The zero-order valence-corrected chi connectivity index (χ0v) is 13.9. The van der Waals surface area contributed by atoms with Crippen LogP contribution in [0.5, 0.6) is 0 Å². The second kappa shape index (κ2) is 7.12. The molecule has 0 aliphatic carbocycles. The number of piperidine rings is 2. The number of halogens is 1. The summed E-state index contributed by atoms with van der Waals surface area (Å²) in [6, 6.07) is 6.59. The smallest absolute Gasteiger partial charge is 0.123 e. The van der Waals surface area contributed by atoms with E-state index in [2.05, 4.69) is 29.0 Å². The van der Waals surface area contributed by atoms with Crippen LogP contribution in [0.3, 0.4) is 0 Å². The topological polar surface area (TPSA) is 26.7 Å². The molecule has 1 aromatic carbocycles. The molecule has 0 amide bonds. The minimum atomic E-state index is -0.192. The molecule has 1 N–H and O–H groups in total. The fourth-order valence-electron chi connectivity index (χ4n) is 4.11. The van der Waals surface area contributed by atoms with Crippen LogP contribution in [0.1, 0.15) is 24.8 Å². The molecule has 4 heteroatoms. The SMILES string of the molecule is CN1CC(O)CC2(CCN(C/C=C/c3ccc(F)cc3)CC2)C1. The lowest BCUT2D eigenvalue weighted by Gasteiger charge is -2.48. The van der Waals surface area contributed by atoms with Gasteiger partial charge in [0.15, 0.2) is 0 Å². The molecule has 2 heterocycles. The molecule has 1 aromatic rings. The number of hydrogen-bond donors (Lipinski definition) is 1. The normalized spacial score (nSPS) is 26.1. The van der Waals surface area contributed by atoms with Crippen LogP contribution < -0.4 is 0 Å². The molecule has 1 unspecified atom stereocenters. The van der Waals surface area contributed by atoms with Gasteiger partial charge in [0.05, 0.1) is 6.10 Å². The summed E-state index contributed by atoms with van der Waals surface area (Å²) in [5, 5.41) is 10.1. The monoisotopic (exact) mass is 318 g/mol. The molecule has 2 fully saturated rings. The first-order valence-corrected chi connectivity index (χ1v) is 8.56. The average molecular weight is 318 g/mol. The van der Waals surface area contributed by atoms with Gasteiger partial charge in [0.2, 0.25) is 0 Å². The van der Waals surface area contributed by atoms with Crippen LogP contribution in [0.2, 0.25) is 0 Å². The number of β-amino-alcohol motifs (C(OH)–C–C–N with tert-alkyl or cyclic N) is 1. The number of benzene rings is 1. The van der Waals surface area contributed by atoms with Gasteiger partial charge in [-0.3, -0.25) is 4.90 Å². The van der Waals surface area contributed by atoms with Crippen LogP contribution in [0.25, 0.3) is 6.08 Å². The van der Waals surface area contributed by atoms with E-state index in [4.69, 9.17) is 0 Å². The third-order valence-corrected chi connectivity index (χ3v) is 5.26. The minimum Gasteiger partial charge on any atom is -0.392 e. The summed E-state index contributed by atoms with van der Waals surface area (Å²) in [5.41, 5.74) is 1.35. The number of aliphatic hydroxyl groups excluding tert-OH is 1. The Bertz CT molecular complexity index is 523. The highest BCUT2D eigenvalue weighted by molar-refractivity contribution is 5.48. The molecule has 2 aliphatic heterocycles. The van der Waals surface area contributed by atoms with Crippen molar-refractivity contribution in [3.05, 3.63) is 41.7 Å². The summed E-state index contributed by atoms with van der Waals surface area (Å²) in [7, 11) is 2.11. The molecule has 3 rings (SSSR count). The number of hydrogen-bond acceptors (Lipinski definition) is 3. The highest BCUT2D eigenvalue weighted by Crippen LogP contribution is 2.39. The molecular weight excluding hydrogens is 291 g/mol. The van der Waals surface area contributed by atoms with E-state index in [-0.39, 0.29) is 11.9 Å². The third-order valence-electron chi connectivity index (χ3n) is 5.26. The molecule has 0 bridgehead atoms. The van der Waals surface area contributed by atoms with Gasteiger partial charge in [-0.05, 0) is 62.5 Å². The Hall–Kier alpha value is -1.23. The molecule has 2 saturated heterocycles. The summed E-state index contributed by atoms with van der Waals surface area (Å²) in [6.45, 7) is 5.05. The van der Waals surface area contributed by atoms with Gasteiger partial charge in [-0.15, -0.1) is 0 Å². The summed E-state index contributed by atoms with van der Waals surface area (Å²) in [5.74, 6) is -0.192. The molecule has 2 aliphatic rings. The van der Waals surface area contributed by atoms with Gasteiger partial charge in [-0.25, -0.2) is 4.39 Å². The quantitative estimate of drug-likeness (QED) is 0.928. The Morgan fingerprint density at radius 2 is 1.96 bits per heavy atom. The number of rotatable bonds is 3. The van der Waals surface area contributed by atoms with Crippen LogP contribution in [-0.4, -0.2) is 60.8 Å². The van der Waals surface area contributed by atoms with Crippen LogP contribution in [0.15, 0.2) is 30.3 Å². The summed E-state index contributed by atoms with van der Waals surface area (Å²) < 4.78 is 12.9. The molecule has 0 aromatic heterocycles. The van der Waals surface area contributed by atoms with Gasteiger partial charge in [0, 0.05) is 19.6 Å². The maximum atomic E-state index is 12.9. The average Bonchev–Trinajstić information content (AvgIpc) is 2.50. The van der Waals surface area contributed by atoms with Crippen molar-refractivity contribution in [1.82, 2.24) is 9.80 Å². The van der Waals surface area contributed by atoms with Crippen LogP contribution in [0, 0.1) is 11.2 Å². The van der Waals surface area contributed by atoms with E-state index in [0.29, 0.717) is 5.41 Å². The third kappa shape index (κ3) is 4.40. The summed E-state index contributed by atoms with van der Waals surface area (Å²) in [6.07, 6.45) is 7.34. The van der Waals surface area contributed by atoms with Crippen molar-refractivity contribution < 1.29 is 9.50 Å². The standard InChI is InChI=1S/C19H27FN2O/c1-21-14-18(23)13-19(15-21)8-11-22(12-9-19)10-2-3-16-4-6-17(20)7-5-16/h2-7,18,23H,8-15H2,1H3/b3-2+. The Morgan fingerprint density at radius 3 is 2.61 bits per heavy atom. The summed E-state index contributed by atoms with van der Waals surface area (Å²) >= 11 is 0. The van der Waals surface area contributed by atoms with Gasteiger partial charge >= 0.3 is 0 Å². The lowest BCUT2D eigenvalue weighted by molar-refractivity contribution is -0.0304. The van der Waals surface area contributed by atoms with Crippen molar-refractivity contribution in [2.24, 2.45) is 5.41 Å². The molecule has 23 heavy (non-hydrogen) atoms. The Kier molecular flexibility index (Phi) is 5.14. The van der Waals surface area contributed by atoms with E-state index in [0.717, 1.165) is 44.7 Å². The lowest BCUT2D eigenvalue weighted by Crippen LogP contribution is -2.52. The van der Waals surface area contributed by atoms with Gasteiger partial charge < -0.3 is 10.0 Å². The van der Waals surface area contributed by atoms with Gasteiger partial charge in [-0.1, -0.05) is 24.3 Å². The second-order valence-corrected chi connectivity index (χ2v) is 7.31. The van der Waals surface area contributed by atoms with Crippen molar-refractivity contribution >= 4 is 6.08 Å². The maximum absolute atomic E-state index is 12.9. The molecule has 126 valence electrons. The predicted octanol–water partition coefficient (Wildman–Crippen LogP) is 2.62. The van der Waals surface area contributed by atoms with E-state index in [9.17, 15) is 9.50 Å². The molecular formula is C19H27FN2O. The van der Waals surface area contributed by atoms with Crippen LogP contribution in [0.4, 0.5) is 4.39 Å². The Balaban J connectivity index is 1.48. The zero-order valence-electron chi connectivity index (χ0n) is 13.9. The van der Waals surface area contributed by atoms with E-state index < -0.39 is 0 Å². The second-order valence-electron chi connectivity index (χ2n) is 7.31. The molecule has 0 radical (unpaired) electrons. The fraction of sp³-hybridized carbons (Fsp3) is 0.579. The first-order chi connectivity index (χ1) is 11.0. The van der Waals surface area contributed by atoms with Crippen molar-refractivity contribution in [3.8, 4) is 0 Å². The Morgan fingerprint density at radius 1 is 1.26 bits per heavy atom. The number of likely N-dealkylation sites (tertiary alicyclic amines) is 2. The van der Waals surface area contributed by atoms with Gasteiger partial charge in [0.1, 0.15) is 5.82 Å². The van der Waals surface area contributed by atoms with Crippen molar-refractivity contribution in [2.45, 2.75) is 25.4 Å². The zero-order chi connectivity index (χ0) is 16.3. The van der Waals surface area contributed by atoms with Crippen LogP contribution >= 0.6 is 0 Å². The fourth-order valence-corrected chi connectivity index (χ4v) is 4.11. The van der Waals surface area contributed by atoms with E-state index >= 15 is 0 Å². The highest BCUT2D eigenvalue weighted by Gasteiger charge is 2.40. The molecule has 0 saturated carbocycles. The first kappa shape index (κ1) is 16.6.